The lowest BCUT2D eigenvalue weighted by Gasteiger charge is -2.23. The van der Waals surface area contributed by atoms with E-state index in [0.717, 1.165) is 0 Å². The van der Waals surface area contributed by atoms with E-state index in [9.17, 15) is 18.0 Å². The number of hydrogen-bond acceptors (Lipinski definition) is 5. The Kier molecular flexibility index (Phi) is 4.42. The Bertz CT molecular complexity index is 1010. The minimum atomic E-state index is -3.00. The van der Waals surface area contributed by atoms with Gasteiger partial charge in [-0.2, -0.15) is 0 Å². The average Bonchev–Trinajstić information content (AvgIpc) is 2.91. The molecule has 0 saturated carbocycles. The lowest BCUT2D eigenvalue weighted by molar-refractivity contribution is 0.0697. The molecule has 2 N–H and O–H groups in total. The summed E-state index contributed by atoms with van der Waals surface area (Å²) in [6.07, 6.45) is 0.562. The molecule has 8 heteroatoms. The molecule has 0 spiro atoms. The summed E-state index contributed by atoms with van der Waals surface area (Å²) in [7, 11) is -1.19. The standard InChI is InChI=1S/C17H20N2O5S/c1-10-14(8-19(2)12-5-6-25(23,24)9-12)16(20)13-7-11(17(21)22)3-4-15(13)18-10/h3-4,7,12H,5-6,8-9H2,1-2H3,(H,18,20)(H,21,22). The molecule has 1 aromatic heterocycles. The number of hydrogen-bond donors (Lipinski definition) is 2. The van der Waals surface area contributed by atoms with Crippen molar-refractivity contribution in [2.45, 2.75) is 25.9 Å². The van der Waals surface area contributed by atoms with Crippen molar-refractivity contribution in [3.63, 3.8) is 0 Å². The zero-order valence-electron chi connectivity index (χ0n) is 14.1. The van der Waals surface area contributed by atoms with Crippen molar-refractivity contribution in [3.05, 3.63) is 45.2 Å². The highest BCUT2D eigenvalue weighted by Crippen LogP contribution is 2.20. The molecule has 2 aromatic rings. The normalized spacial score (nSPS) is 19.6. The van der Waals surface area contributed by atoms with Gasteiger partial charge in [-0.05, 0) is 38.6 Å². The van der Waals surface area contributed by atoms with Crippen LogP contribution in [0.5, 0.6) is 0 Å². The summed E-state index contributed by atoms with van der Waals surface area (Å²) in [6, 6.07) is 4.31. The maximum absolute atomic E-state index is 12.8. The molecular formula is C17H20N2O5S. The molecule has 1 aliphatic rings. The molecule has 3 rings (SSSR count). The van der Waals surface area contributed by atoms with Crippen LogP contribution in [0.3, 0.4) is 0 Å². The summed E-state index contributed by atoms with van der Waals surface area (Å²) in [4.78, 5) is 29.0. The van der Waals surface area contributed by atoms with Gasteiger partial charge in [-0.1, -0.05) is 0 Å². The summed E-state index contributed by atoms with van der Waals surface area (Å²) in [6.45, 7) is 2.11. The first-order valence-electron chi connectivity index (χ1n) is 7.97. The maximum Gasteiger partial charge on any atom is 0.335 e. The monoisotopic (exact) mass is 364 g/mol. The zero-order chi connectivity index (χ0) is 18.4. The lowest BCUT2D eigenvalue weighted by Crippen LogP contribution is -2.34. The summed E-state index contributed by atoms with van der Waals surface area (Å²) >= 11 is 0. The van der Waals surface area contributed by atoms with Gasteiger partial charge in [-0.25, -0.2) is 13.2 Å². The highest BCUT2D eigenvalue weighted by molar-refractivity contribution is 7.91. The van der Waals surface area contributed by atoms with Crippen LogP contribution in [-0.4, -0.2) is 54.0 Å². The van der Waals surface area contributed by atoms with Gasteiger partial charge in [0.2, 0.25) is 0 Å². The number of fused-ring (bicyclic) bond motifs is 1. The number of benzene rings is 1. The highest BCUT2D eigenvalue weighted by Gasteiger charge is 2.31. The molecule has 25 heavy (non-hydrogen) atoms. The smallest absolute Gasteiger partial charge is 0.335 e. The molecule has 0 bridgehead atoms. The fourth-order valence-corrected chi connectivity index (χ4v) is 5.08. The van der Waals surface area contributed by atoms with Crippen LogP contribution >= 0.6 is 0 Å². The van der Waals surface area contributed by atoms with Crippen LogP contribution < -0.4 is 5.43 Å². The molecule has 134 valence electrons. The van der Waals surface area contributed by atoms with Crippen LogP contribution in [0, 0.1) is 6.92 Å². The van der Waals surface area contributed by atoms with Crippen molar-refractivity contribution in [2.24, 2.45) is 0 Å². The van der Waals surface area contributed by atoms with Crippen LogP contribution in [0.4, 0.5) is 0 Å². The van der Waals surface area contributed by atoms with E-state index in [0.29, 0.717) is 35.1 Å². The van der Waals surface area contributed by atoms with Gasteiger partial charge in [0.25, 0.3) is 0 Å². The first kappa shape index (κ1) is 17.6. The number of sulfone groups is 1. The number of aromatic nitrogens is 1. The summed E-state index contributed by atoms with van der Waals surface area (Å²) < 4.78 is 23.3. The maximum atomic E-state index is 12.8. The lowest BCUT2D eigenvalue weighted by atomic mass is 10.1. The molecule has 0 aliphatic carbocycles. The summed E-state index contributed by atoms with van der Waals surface area (Å²) in [5.74, 6) is -0.800. The zero-order valence-corrected chi connectivity index (χ0v) is 14.9. The fraction of sp³-hybridized carbons (Fsp3) is 0.412. The number of carbonyl (C=O) groups is 1. The second-order valence-electron chi connectivity index (χ2n) is 6.60. The topological polar surface area (TPSA) is 108 Å². The van der Waals surface area contributed by atoms with E-state index in [2.05, 4.69) is 4.98 Å². The molecule has 0 radical (unpaired) electrons. The third kappa shape index (κ3) is 3.45. The molecule has 1 aliphatic heterocycles. The number of aromatic carboxylic acids is 1. The number of carboxylic acids is 1. The van der Waals surface area contributed by atoms with Crippen molar-refractivity contribution in [1.29, 1.82) is 0 Å². The van der Waals surface area contributed by atoms with Crippen LogP contribution in [0.25, 0.3) is 10.9 Å². The Morgan fingerprint density at radius 1 is 1.40 bits per heavy atom. The molecule has 1 fully saturated rings. The molecule has 7 nitrogen and oxygen atoms in total. The Morgan fingerprint density at radius 3 is 2.72 bits per heavy atom. The van der Waals surface area contributed by atoms with E-state index in [-0.39, 0.29) is 28.5 Å². The van der Waals surface area contributed by atoms with Crippen molar-refractivity contribution >= 4 is 26.7 Å². The Balaban J connectivity index is 1.98. The summed E-state index contributed by atoms with van der Waals surface area (Å²) in [5.41, 5.74) is 1.66. The van der Waals surface area contributed by atoms with Gasteiger partial charge < -0.3 is 10.1 Å². The Hall–Kier alpha value is -2.19. The molecule has 1 saturated heterocycles. The average molecular weight is 364 g/mol. The largest absolute Gasteiger partial charge is 0.478 e. The SMILES string of the molecule is Cc1[nH]c2ccc(C(=O)O)cc2c(=O)c1CN(C)C1CCS(=O)(=O)C1. The van der Waals surface area contributed by atoms with E-state index in [4.69, 9.17) is 5.11 Å². The van der Waals surface area contributed by atoms with E-state index in [1.165, 1.54) is 12.1 Å². The second kappa shape index (κ2) is 6.27. The van der Waals surface area contributed by atoms with Crippen molar-refractivity contribution in [2.75, 3.05) is 18.6 Å². The molecular weight excluding hydrogens is 344 g/mol. The number of pyridine rings is 1. The van der Waals surface area contributed by atoms with Crippen LogP contribution in [0.15, 0.2) is 23.0 Å². The van der Waals surface area contributed by atoms with Gasteiger partial charge in [-0.3, -0.25) is 9.69 Å². The van der Waals surface area contributed by atoms with E-state index in [1.807, 2.05) is 11.9 Å². The first-order chi connectivity index (χ1) is 11.7. The highest BCUT2D eigenvalue weighted by atomic mass is 32.2. The van der Waals surface area contributed by atoms with Gasteiger partial charge in [0, 0.05) is 34.7 Å². The second-order valence-corrected chi connectivity index (χ2v) is 8.82. The molecule has 1 aromatic carbocycles. The predicted molar refractivity (Wildman–Crippen MR) is 94.8 cm³/mol. The Labute approximate surface area is 145 Å². The number of nitrogens with zero attached hydrogens (tertiary/aromatic N) is 1. The van der Waals surface area contributed by atoms with Gasteiger partial charge in [0.1, 0.15) is 0 Å². The van der Waals surface area contributed by atoms with Crippen molar-refractivity contribution in [1.82, 2.24) is 9.88 Å². The van der Waals surface area contributed by atoms with Crippen molar-refractivity contribution in [3.8, 4) is 0 Å². The number of carboxylic acid groups (broad SMARTS) is 1. The number of rotatable bonds is 4. The van der Waals surface area contributed by atoms with Crippen LogP contribution in [0.2, 0.25) is 0 Å². The molecule has 1 unspecified atom stereocenters. The van der Waals surface area contributed by atoms with Gasteiger partial charge >= 0.3 is 5.97 Å². The third-order valence-corrected chi connectivity index (χ3v) is 6.55. The van der Waals surface area contributed by atoms with Gasteiger partial charge in [0.15, 0.2) is 15.3 Å². The molecule has 0 amide bonds. The van der Waals surface area contributed by atoms with E-state index < -0.39 is 15.8 Å². The van der Waals surface area contributed by atoms with E-state index >= 15 is 0 Å². The predicted octanol–water partition coefficient (Wildman–Crippen LogP) is 1.15. The Morgan fingerprint density at radius 2 is 2.12 bits per heavy atom. The minimum Gasteiger partial charge on any atom is -0.478 e. The van der Waals surface area contributed by atoms with Gasteiger partial charge in [0.05, 0.1) is 17.1 Å². The number of nitrogens with one attached hydrogen (secondary N) is 1. The third-order valence-electron chi connectivity index (χ3n) is 4.80. The molecule has 1 atom stereocenters. The summed E-state index contributed by atoms with van der Waals surface area (Å²) in [5, 5.41) is 9.45. The number of aryl methyl sites for hydroxylation is 1. The number of aromatic amines is 1. The quantitative estimate of drug-likeness (QED) is 0.843. The van der Waals surface area contributed by atoms with Crippen LogP contribution in [0.1, 0.15) is 28.0 Å². The van der Waals surface area contributed by atoms with Crippen LogP contribution in [-0.2, 0) is 16.4 Å². The molecule has 2 heterocycles. The van der Waals surface area contributed by atoms with E-state index in [1.54, 1.807) is 13.0 Å². The first-order valence-corrected chi connectivity index (χ1v) is 9.79. The minimum absolute atomic E-state index is 0.0584. The van der Waals surface area contributed by atoms with Crippen molar-refractivity contribution < 1.29 is 18.3 Å². The fourth-order valence-electron chi connectivity index (χ4n) is 3.28. The number of H-pyrrole nitrogens is 1. The van der Waals surface area contributed by atoms with Gasteiger partial charge in [-0.15, -0.1) is 0 Å².